The number of esters is 1. The van der Waals surface area contributed by atoms with Gasteiger partial charge in [0.15, 0.2) is 11.5 Å². The fraction of sp³-hybridized carbons (Fsp3) is 0. The molecule has 0 saturated heterocycles. The Labute approximate surface area is 110 Å². The van der Waals surface area contributed by atoms with Gasteiger partial charge in [0, 0.05) is 11.6 Å². The van der Waals surface area contributed by atoms with Crippen LogP contribution < -0.4 is 4.74 Å². The van der Waals surface area contributed by atoms with Gasteiger partial charge in [0.2, 0.25) is 0 Å². The summed E-state index contributed by atoms with van der Waals surface area (Å²) in [5.41, 5.74) is 0.511. The van der Waals surface area contributed by atoms with Gasteiger partial charge in [-0.25, -0.2) is 4.79 Å². The van der Waals surface area contributed by atoms with Crippen LogP contribution >= 0.6 is 0 Å². The lowest BCUT2D eigenvalue weighted by Gasteiger charge is -2.03. The van der Waals surface area contributed by atoms with Gasteiger partial charge in [0.1, 0.15) is 5.75 Å². The molecule has 0 aliphatic rings. The molecule has 0 bridgehead atoms. The third kappa shape index (κ3) is 3.35. The highest BCUT2D eigenvalue weighted by atomic mass is 16.5. The monoisotopic (exact) mass is 256 g/mol. The minimum atomic E-state index is -0.634. The molecule has 0 saturated carbocycles. The largest absolute Gasteiger partial charge is 0.507 e. The van der Waals surface area contributed by atoms with E-state index in [9.17, 15) is 15.0 Å². The molecule has 0 unspecified atom stereocenters. The lowest BCUT2D eigenvalue weighted by atomic mass is 10.2. The van der Waals surface area contributed by atoms with Crippen molar-refractivity contribution >= 4 is 12.0 Å². The fourth-order valence-electron chi connectivity index (χ4n) is 1.47. The second-order valence-corrected chi connectivity index (χ2v) is 3.78. The predicted molar refractivity (Wildman–Crippen MR) is 70.9 cm³/mol. The van der Waals surface area contributed by atoms with Crippen LogP contribution in [0.1, 0.15) is 5.56 Å². The first-order chi connectivity index (χ1) is 9.16. The van der Waals surface area contributed by atoms with E-state index in [1.54, 1.807) is 30.3 Å². The summed E-state index contributed by atoms with van der Waals surface area (Å²) in [4.78, 5) is 11.5. The van der Waals surface area contributed by atoms with Crippen molar-refractivity contribution in [3.8, 4) is 17.2 Å². The first kappa shape index (κ1) is 12.7. The van der Waals surface area contributed by atoms with E-state index in [0.29, 0.717) is 5.56 Å². The van der Waals surface area contributed by atoms with Crippen LogP contribution in [0.2, 0.25) is 0 Å². The molecule has 0 amide bonds. The summed E-state index contributed by atoms with van der Waals surface area (Å²) >= 11 is 0. The highest BCUT2D eigenvalue weighted by Crippen LogP contribution is 2.24. The summed E-state index contributed by atoms with van der Waals surface area (Å²) in [7, 11) is 0. The number of hydrogen-bond acceptors (Lipinski definition) is 4. The van der Waals surface area contributed by atoms with E-state index in [0.717, 1.165) is 0 Å². The molecule has 2 N–H and O–H groups in total. The van der Waals surface area contributed by atoms with E-state index in [4.69, 9.17) is 4.74 Å². The van der Waals surface area contributed by atoms with E-state index >= 15 is 0 Å². The molecule has 0 aromatic heterocycles. The number of aromatic hydroxyl groups is 2. The van der Waals surface area contributed by atoms with E-state index in [-0.39, 0.29) is 17.2 Å². The van der Waals surface area contributed by atoms with Gasteiger partial charge >= 0.3 is 5.97 Å². The van der Waals surface area contributed by atoms with Crippen molar-refractivity contribution in [3.05, 3.63) is 60.2 Å². The molecule has 2 aromatic rings. The van der Waals surface area contributed by atoms with Crippen LogP contribution in [0.25, 0.3) is 6.08 Å². The maximum absolute atomic E-state index is 11.5. The average molecular weight is 256 g/mol. The van der Waals surface area contributed by atoms with Crippen LogP contribution in [0.3, 0.4) is 0 Å². The van der Waals surface area contributed by atoms with Gasteiger partial charge in [-0.1, -0.05) is 30.3 Å². The van der Waals surface area contributed by atoms with Gasteiger partial charge in [0.25, 0.3) is 0 Å². The molecule has 0 fully saturated rings. The van der Waals surface area contributed by atoms with Crippen LogP contribution in [-0.2, 0) is 4.79 Å². The Morgan fingerprint density at radius 3 is 2.26 bits per heavy atom. The summed E-state index contributed by atoms with van der Waals surface area (Å²) in [5.74, 6) is -0.569. The molecule has 0 heterocycles. The van der Waals surface area contributed by atoms with E-state index in [2.05, 4.69) is 0 Å². The molecule has 0 atom stereocenters. The van der Waals surface area contributed by atoms with E-state index in [1.807, 2.05) is 0 Å². The van der Waals surface area contributed by atoms with Crippen molar-refractivity contribution in [2.75, 3.05) is 0 Å². The Hall–Kier alpha value is -2.75. The van der Waals surface area contributed by atoms with Crippen molar-refractivity contribution in [3.63, 3.8) is 0 Å². The Kier molecular flexibility index (Phi) is 3.83. The number of carbonyl (C=O) groups excluding carboxylic acids is 1. The number of rotatable bonds is 3. The topological polar surface area (TPSA) is 66.8 Å². The Bertz CT molecular complexity index is 617. The lowest BCUT2D eigenvalue weighted by Crippen LogP contribution is -2.03. The molecule has 96 valence electrons. The smallest absolute Gasteiger partial charge is 0.336 e. The second-order valence-electron chi connectivity index (χ2n) is 3.78. The average Bonchev–Trinajstić information content (AvgIpc) is 2.40. The molecule has 19 heavy (non-hydrogen) atoms. The lowest BCUT2D eigenvalue weighted by molar-refractivity contribution is -0.129. The number of phenols is 2. The molecule has 2 aromatic carbocycles. The standard InChI is InChI=1S/C15H12O4/c16-12-6-2-1-5-11(12)9-10-15(18)19-14-8-4-3-7-13(14)17/h1-10,16-17H. The first-order valence-electron chi connectivity index (χ1n) is 5.62. The Balaban J connectivity index is 2.06. The normalized spacial score (nSPS) is 10.5. The number of para-hydroxylation sites is 3. The Morgan fingerprint density at radius 2 is 1.58 bits per heavy atom. The molecule has 4 heteroatoms. The quantitative estimate of drug-likeness (QED) is 0.503. The van der Waals surface area contributed by atoms with Gasteiger partial charge in [0.05, 0.1) is 0 Å². The maximum atomic E-state index is 11.5. The summed E-state index contributed by atoms with van der Waals surface area (Å²) in [6.07, 6.45) is 2.62. The number of benzene rings is 2. The zero-order valence-corrected chi connectivity index (χ0v) is 9.98. The SMILES string of the molecule is O=C(C=Cc1ccccc1O)Oc1ccccc1O. The summed E-state index contributed by atoms with van der Waals surface area (Å²) in [5, 5.41) is 19.0. The van der Waals surface area contributed by atoms with Crippen molar-refractivity contribution in [1.29, 1.82) is 0 Å². The second kappa shape index (κ2) is 5.73. The molecule has 0 aliphatic carbocycles. The van der Waals surface area contributed by atoms with Crippen LogP contribution in [0.4, 0.5) is 0 Å². The highest BCUT2D eigenvalue weighted by Gasteiger charge is 2.05. The van der Waals surface area contributed by atoms with Gasteiger partial charge < -0.3 is 14.9 Å². The minimum Gasteiger partial charge on any atom is -0.507 e. The van der Waals surface area contributed by atoms with Crippen molar-refractivity contribution in [1.82, 2.24) is 0 Å². The van der Waals surface area contributed by atoms with Crippen LogP contribution in [0.15, 0.2) is 54.6 Å². The maximum Gasteiger partial charge on any atom is 0.336 e. The fourth-order valence-corrected chi connectivity index (χ4v) is 1.47. The highest BCUT2D eigenvalue weighted by molar-refractivity contribution is 5.89. The molecular formula is C15H12O4. The predicted octanol–water partition coefficient (Wildman–Crippen LogP) is 2.72. The van der Waals surface area contributed by atoms with Crippen LogP contribution in [0.5, 0.6) is 17.2 Å². The van der Waals surface area contributed by atoms with Gasteiger partial charge in [-0.15, -0.1) is 0 Å². The summed E-state index contributed by atoms with van der Waals surface area (Å²) in [6.45, 7) is 0. The molecule has 0 radical (unpaired) electrons. The molecular weight excluding hydrogens is 244 g/mol. The number of carbonyl (C=O) groups is 1. The third-order valence-corrected chi connectivity index (χ3v) is 2.41. The molecule has 4 nitrogen and oxygen atoms in total. The van der Waals surface area contributed by atoms with Gasteiger partial charge in [-0.2, -0.15) is 0 Å². The summed E-state index contributed by atoms with van der Waals surface area (Å²) in [6, 6.07) is 12.8. The first-order valence-corrected chi connectivity index (χ1v) is 5.62. The van der Waals surface area contributed by atoms with Crippen molar-refractivity contribution in [2.45, 2.75) is 0 Å². The number of phenolic OH excluding ortho intramolecular Hbond substituents is 2. The van der Waals surface area contributed by atoms with Gasteiger partial charge in [-0.3, -0.25) is 0 Å². The third-order valence-electron chi connectivity index (χ3n) is 2.41. The Morgan fingerprint density at radius 1 is 0.947 bits per heavy atom. The van der Waals surface area contributed by atoms with Gasteiger partial charge in [-0.05, 0) is 24.3 Å². The number of hydrogen-bond donors (Lipinski definition) is 2. The zero-order chi connectivity index (χ0) is 13.7. The minimum absolute atomic E-state index is 0.0779. The molecule has 0 aliphatic heterocycles. The molecule has 2 rings (SSSR count). The number of ether oxygens (including phenoxy) is 1. The van der Waals surface area contributed by atoms with E-state index in [1.165, 1.54) is 30.4 Å². The zero-order valence-electron chi connectivity index (χ0n) is 9.98. The molecule has 0 spiro atoms. The van der Waals surface area contributed by atoms with Crippen molar-refractivity contribution < 1.29 is 19.7 Å². The van der Waals surface area contributed by atoms with E-state index < -0.39 is 5.97 Å². The van der Waals surface area contributed by atoms with Crippen molar-refractivity contribution in [2.24, 2.45) is 0 Å². The summed E-state index contributed by atoms with van der Waals surface area (Å²) < 4.78 is 4.95. The van der Waals surface area contributed by atoms with Crippen LogP contribution in [-0.4, -0.2) is 16.2 Å². The van der Waals surface area contributed by atoms with Crippen LogP contribution in [0, 0.1) is 0 Å².